The molecule has 1 fully saturated rings. The van der Waals surface area contributed by atoms with Gasteiger partial charge in [-0.2, -0.15) is 0 Å². The van der Waals surface area contributed by atoms with Crippen LogP contribution in [-0.2, 0) is 19.4 Å². The van der Waals surface area contributed by atoms with Crippen molar-refractivity contribution in [2.75, 3.05) is 6.61 Å². The summed E-state index contributed by atoms with van der Waals surface area (Å²) in [6.45, 7) is 2.93. The maximum Gasteiger partial charge on any atom is 0.200 e. The van der Waals surface area contributed by atoms with Crippen LogP contribution in [-0.4, -0.2) is 39.7 Å². The van der Waals surface area contributed by atoms with Crippen LogP contribution in [0.4, 0.5) is 0 Å². The molecule has 0 unspecified atom stereocenters. The van der Waals surface area contributed by atoms with E-state index in [2.05, 4.69) is 0 Å². The second-order valence-electron chi connectivity index (χ2n) is 8.86. The number of aliphatic hydroxyl groups excluding tert-OH is 2. The monoisotopic (exact) mass is 418 g/mol. The minimum atomic E-state index is -1.06. The Labute approximate surface area is 175 Å². The average Bonchev–Trinajstić information content (AvgIpc) is 3.36. The minimum absolute atomic E-state index is 0.0266. The molecule has 7 heteroatoms. The fraction of sp³-hybridized carbons (Fsp3) is 0.609. The third kappa shape index (κ3) is 3.82. The summed E-state index contributed by atoms with van der Waals surface area (Å²) in [7, 11) is 0. The molecular formula is C23H30O7. The van der Waals surface area contributed by atoms with Gasteiger partial charge in [0.05, 0.1) is 11.7 Å². The second kappa shape index (κ2) is 8.21. The number of hydrogen-bond donors (Lipinski definition) is 3. The lowest BCUT2D eigenvalue weighted by molar-refractivity contribution is -0.0229. The molecular weight excluding hydrogens is 388 g/mol. The Hall–Kier alpha value is -2.09. The third-order valence-corrected chi connectivity index (χ3v) is 6.14. The summed E-state index contributed by atoms with van der Waals surface area (Å²) in [5.74, 6) is 1.21. The molecule has 3 N–H and O–H groups in total. The van der Waals surface area contributed by atoms with Gasteiger partial charge in [0.25, 0.3) is 0 Å². The van der Waals surface area contributed by atoms with Crippen LogP contribution in [0.1, 0.15) is 62.8 Å². The molecule has 2 heterocycles. The van der Waals surface area contributed by atoms with Crippen LogP contribution in [0.5, 0.6) is 11.5 Å². The van der Waals surface area contributed by atoms with E-state index in [4.69, 9.17) is 13.9 Å². The molecule has 1 aliphatic heterocycles. The van der Waals surface area contributed by atoms with E-state index < -0.39 is 18.3 Å². The smallest absolute Gasteiger partial charge is 0.200 e. The van der Waals surface area contributed by atoms with Gasteiger partial charge in [-0.05, 0) is 52.4 Å². The first kappa shape index (κ1) is 21.2. The molecule has 1 aromatic carbocycles. The third-order valence-electron chi connectivity index (χ3n) is 6.14. The Kier molecular flexibility index (Phi) is 5.79. The number of benzene rings is 1. The lowest BCUT2D eigenvalue weighted by Crippen LogP contribution is -2.39. The fourth-order valence-electron chi connectivity index (χ4n) is 4.43. The lowest BCUT2D eigenvalue weighted by Gasteiger charge is -2.24. The van der Waals surface area contributed by atoms with Crippen LogP contribution < -0.4 is 14.9 Å². The fourth-order valence-corrected chi connectivity index (χ4v) is 4.43. The van der Waals surface area contributed by atoms with Crippen molar-refractivity contribution in [1.82, 2.24) is 0 Å². The molecule has 1 atom stereocenters. The van der Waals surface area contributed by atoms with Gasteiger partial charge >= 0.3 is 0 Å². The first-order valence-corrected chi connectivity index (χ1v) is 10.7. The van der Waals surface area contributed by atoms with E-state index in [0.717, 1.165) is 31.2 Å². The van der Waals surface area contributed by atoms with Crippen molar-refractivity contribution in [1.29, 1.82) is 0 Å². The zero-order valence-electron chi connectivity index (χ0n) is 17.6. The van der Waals surface area contributed by atoms with Crippen molar-refractivity contribution in [2.24, 2.45) is 0 Å². The Balaban J connectivity index is 1.91. The molecule has 0 saturated heterocycles. The molecule has 2 aromatic rings. The molecule has 1 aliphatic carbocycles. The SMILES string of the molecule is CC(C)(O)[C@@H]1Cc2c(cc3oc(CO)c(CCCO)c(=O)c3c2OC2CCCC2)O1. The molecule has 0 radical (unpaired) electrons. The van der Waals surface area contributed by atoms with Crippen molar-refractivity contribution < 1.29 is 29.2 Å². The predicted molar refractivity (Wildman–Crippen MR) is 111 cm³/mol. The summed E-state index contributed by atoms with van der Waals surface area (Å²) in [6.07, 6.45) is 4.75. The van der Waals surface area contributed by atoms with Crippen LogP contribution in [0.2, 0.25) is 0 Å². The maximum absolute atomic E-state index is 13.5. The second-order valence-corrected chi connectivity index (χ2v) is 8.86. The van der Waals surface area contributed by atoms with Gasteiger partial charge in [-0.15, -0.1) is 0 Å². The summed E-state index contributed by atoms with van der Waals surface area (Å²) < 4.78 is 18.3. The van der Waals surface area contributed by atoms with Crippen LogP contribution in [0.25, 0.3) is 11.0 Å². The molecule has 1 aromatic heterocycles. The van der Waals surface area contributed by atoms with Gasteiger partial charge < -0.3 is 29.2 Å². The molecule has 30 heavy (non-hydrogen) atoms. The van der Waals surface area contributed by atoms with Crippen molar-refractivity contribution in [3.63, 3.8) is 0 Å². The number of aliphatic hydroxyl groups is 3. The van der Waals surface area contributed by atoms with E-state index in [1.54, 1.807) is 19.9 Å². The molecule has 0 spiro atoms. The van der Waals surface area contributed by atoms with Gasteiger partial charge in [0, 0.05) is 30.2 Å². The number of fused-ring (bicyclic) bond motifs is 2. The van der Waals surface area contributed by atoms with Crippen molar-refractivity contribution in [2.45, 2.75) is 83.2 Å². The van der Waals surface area contributed by atoms with Crippen molar-refractivity contribution >= 4 is 11.0 Å². The van der Waals surface area contributed by atoms with Crippen LogP contribution in [0, 0.1) is 0 Å². The van der Waals surface area contributed by atoms with E-state index in [0.29, 0.717) is 47.3 Å². The highest BCUT2D eigenvalue weighted by Crippen LogP contribution is 2.44. The molecule has 0 bridgehead atoms. The Morgan fingerprint density at radius 1 is 1.23 bits per heavy atom. The molecule has 2 aliphatic rings. The summed E-state index contributed by atoms with van der Waals surface area (Å²) >= 11 is 0. The standard InChI is InChI=1S/C23H30O7/c1-23(2,27)19-10-15-16(30-19)11-17-20(22(15)28-13-6-3-4-7-13)21(26)14(8-5-9-24)18(12-25)29-17/h11,13,19,24-25,27H,3-10,12H2,1-2H3/t19-/m0/s1. The van der Waals surface area contributed by atoms with Gasteiger partial charge in [0.15, 0.2) is 5.43 Å². The van der Waals surface area contributed by atoms with E-state index in [1.807, 2.05) is 0 Å². The average molecular weight is 418 g/mol. The first-order chi connectivity index (χ1) is 14.3. The minimum Gasteiger partial charge on any atom is -0.489 e. The topological polar surface area (TPSA) is 109 Å². The van der Waals surface area contributed by atoms with Crippen molar-refractivity contribution in [3.8, 4) is 11.5 Å². The number of hydrogen-bond acceptors (Lipinski definition) is 7. The van der Waals surface area contributed by atoms with Crippen LogP contribution in [0.3, 0.4) is 0 Å². The number of rotatable bonds is 7. The Bertz CT molecular complexity index is 980. The van der Waals surface area contributed by atoms with E-state index in [1.165, 1.54) is 0 Å². The maximum atomic E-state index is 13.5. The van der Waals surface area contributed by atoms with E-state index >= 15 is 0 Å². The molecule has 4 rings (SSSR count). The predicted octanol–water partition coefficient (Wildman–Crippen LogP) is 2.61. The first-order valence-electron chi connectivity index (χ1n) is 10.7. The molecule has 1 saturated carbocycles. The highest BCUT2D eigenvalue weighted by molar-refractivity contribution is 5.88. The largest absolute Gasteiger partial charge is 0.489 e. The van der Waals surface area contributed by atoms with Gasteiger partial charge in [0.2, 0.25) is 0 Å². The van der Waals surface area contributed by atoms with Gasteiger partial charge in [-0.3, -0.25) is 4.79 Å². The summed E-state index contributed by atoms with van der Waals surface area (Å²) in [5, 5.41) is 29.8. The Morgan fingerprint density at radius 3 is 2.60 bits per heavy atom. The van der Waals surface area contributed by atoms with Crippen LogP contribution >= 0.6 is 0 Å². The normalized spacial score (nSPS) is 19.3. The van der Waals surface area contributed by atoms with Gasteiger partial charge in [0.1, 0.15) is 40.9 Å². The Morgan fingerprint density at radius 2 is 1.97 bits per heavy atom. The molecule has 7 nitrogen and oxygen atoms in total. The highest BCUT2D eigenvalue weighted by atomic mass is 16.5. The van der Waals surface area contributed by atoms with Crippen LogP contribution in [0.15, 0.2) is 15.3 Å². The quantitative estimate of drug-likeness (QED) is 0.634. The van der Waals surface area contributed by atoms with E-state index in [-0.39, 0.29) is 23.9 Å². The summed E-state index contributed by atoms with van der Waals surface area (Å²) in [4.78, 5) is 13.5. The van der Waals surface area contributed by atoms with Gasteiger partial charge in [-0.1, -0.05) is 0 Å². The zero-order valence-corrected chi connectivity index (χ0v) is 17.6. The molecule has 164 valence electrons. The lowest BCUT2D eigenvalue weighted by atomic mass is 9.95. The number of ether oxygens (including phenoxy) is 2. The zero-order chi connectivity index (χ0) is 21.5. The van der Waals surface area contributed by atoms with Gasteiger partial charge in [-0.25, -0.2) is 0 Å². The summed E-state index contributed by atoms with van der Waals surface area (Å²) in [5.41, 5.74) is 0.152. The summed E-state index contributed by atoms with van der Waals surface area (Å²) in [6, 6.07) is 1.66. The van der Waals surface area contributed by atoms with Crippen molar-refractivity contribution in [3.05, 3.63) is 33.2 Å². The highest BCUT2D eigenvalue weighted by Gasteiger charge is 2.38. The molecule has 0 amide bonds. The van der Waals surface area contributed by atoms with E-state index in [9.17, 15) is 20.1 Å².